The highest BCUT2D eigenvalue weighted by Gasteiger charge is 2.13. The third-order valence-electron chi connectivity index (χ3n) is 3.09. The second kappa shape index (κ2) is 7.71. The first-order valence-electron chi connectivity index (χ1n) is 6.71. The minimum atomic E-state index is 0.0905. The van der Waals surface area contributed by atoms with Crippen LogP contribution in [0.25, 0.3) is 0 Å². The van der Waals surface area contributed by atoms with Gasteiger partial charge in [0.15, 0.2) is 0 Å². The number of nitrogens with zero attached hydrogens (tertiary/aromatic N) is 1. The van der Waals surface area contributed by atoms with Crippen molar-refractivity contribution in [2.24, 2.45) is 0 Å². The van der Waals surface area contributed by atoms with Crippen LogP contribution in [0.15, 0.2) is 60.7 Å². The van der Waals surface area contributed by atoms with E-state index in [4.69, 9.17) is 11.6 Å². The first kappa shape index (κ1) is 14.6. The summed E-state index contributed by atoms with van der Waals surface area (Å²) in [6, 6.07) is 20.0. The van der Waals surface area contributed by atoms with Crippen molar-refractivity contribution in [2.45, 2.75) is 19.5 Å². The van der Waals surface area contributed by atoms with E-state index in [1.165, 1.54) is 0 Å². The Balaban J connectivity index is 2.10. The van der Waals surface area contributed by atoms with Gasteiger partial charge in [0.25, 0.3) is 0 Å². The molecule has 0 bridgehead atoms. The lowest BCUT2D eigenvalue weighted by Gasteiger charge is -2.23. The van der Waals surface area contributed by atoms with Gasteiger partial charge in [0.05, 0.1) is 0 Å². The lowest BCUT2D eigenvalue weighted by molar-refractivity contribution is -0.132. The Kier molecular flexibility index (Phi) is 5.63. The fourth-order valence-electron chi connectivity index (χ4n) is 2.08. The molecular formula is C17H18ClNO. The van der Waals surface area contributed by atoms with Crippen molar-refractivity contribution >= 4 is 17.5 Å². The fourth-order valence-corrected chi connectivity index (χ4v) is 2.24. The molecule has 0 radical (unpaired) electrons. The normalized spacial score (nSPS) is 10.2. The molecule has 0 spiro atoms. The van der Waals surface area contributed by atoms with Crippen molar-refractivity contribution in [1.29, 1.82) is 0 Å². The van der Waals surface area contributed by atoms with Gasteiger partial charge < -0.3 is 4.90 Å². The van der Waals surface area contributed by atoms with Crippen molar-refractivity contribution < 1.29 is 4.79 Å². The van der Waals surface area contributed by atoms with Crippen LogP contribution in [0, 0.1) is 0 Å². The monoisotopic (exact) mass is 287 g/mol. The maximum atomic E-state index is 12.2. The molecule has 104 valence electrons. The van der Waals surface area contributed by atoms with Crippen molar-refractivity contribution in [1.82, 2.24) is 4.90 Å². The van der Waals surface area contributed by atoms with Crippen LogP contribution in [0.3, 0.4) is 0 Å². The predicted molar refractivity (Wildman–Crippen MR) is 82.5 cm³/mol. The molecule has 0 atom stereocenters. The summed E-state index contributed by atoms with van der Waals surface area (Å²) >= 11 is 5.70. The van der Waals surface area contributed by atoms with Gasteiger partial charge in [-0.05, 0) is 11.1 Å². The van der Waals surface area contributed by atoms with E-state index in [2.05, 4.69) is 0 Å². The number of hydrogen-bond donors (Lipinski definition) is 0. The minimum absolute atomic E-state index is 0.0905. The quantitative estimate of drug-likeness (QED) is 0.739. The average Bonchev–Trinajstić information content (AvgIpc) is 2.49. The van der Waals surface area contributed by atoms with Gasteiger partial charge in [-0.25, -0.2) is 0 Å². The van der Waals surface area contributed by atoms with Crippen LogP contribution in [-0.2, 0) is 17.9 Å². The van der Waals surface area contributed by atoms with Gasteiger partial charge >= 0.3 is 0 Å². The van der Waals surface area contributed by atoms with Gasteiger partial charge in [-0.1, -0.05) is 60.7 Å². The number of carbonyl (C=O) groups is 1. The molecule has 0 aliphatic carbocycles. The summed E-state index contributed by atoms with van der Waals surface area (Å²) in [6.45, 7) is 1.23. The minimum Gasteiger partial charge on any atom is -0.334 e. The van der Waals surface area contributed by atoms with E-state index in [1.54, 1.807) is 0 Å². The summed E-state index contributed by atoms with van der Waals surface area (Å²) in [5.74, 6) is 0.451. The number of benzene rings is 2. The zero-order chi connectivity index (χ0) is 14.2. The Morgan fingerprint density at radius 1 is 0.850 bits per heavy atom. The van der Waals surface area contributed by atoms with Crippen LogP contribution < -0.4 is 0 Å². The maximum absolute atomic E-state index is 12.2. The Hall–Kier alpha value is -1.80. The van der Waals surface area contributed by atoms with Gasteiger partial charge in [-0.3, -0.25) is 4.79 Å². The molecule has 2 rings (SSSR count). The second-order valence-corrected chi connectivity index (χ2v) is 5.04. The van der Waals surface area contributed by atoms with Crippen molar-refractivity contribution in [3.8, 4) is 0 Å². The van der Waals surface area contributed by atoms with Crippen LogP contribution in [0.2, 0.25) is 0 Å². The van der Waals surface area contributed by atoms with E-state index in [0.29, 0.717) is 25.4 Å². The number of alkyl halides is 1. The summed E-state index contributed by atoms with van der Waals surface area (Å²) in [4.78, 5) is 14.0. The standard InChI is InChI=1S/C17H18ClNO/c18-12-11-17(20)19(13-15-7-3-1-4-8-15)14-16-9-5-2-6-10-16/h1-10H,11-14H2. The van der Waals surface area contributed by atoms with E-state index >= 15 is 0 Å². The molecule has 1 amide bonds. The van der Waals surface area contributed by atoms with Crippen LogP contribution in [0.5, 0.6) is 0 Å². The third kappa shape index (κ3) is 4.39. The van der Waals surface area contributed by atoms with Crippen molar-refractivity contribution in [3.63, 3.8) is 0 Å². The molecule has 0 unspecified atom stereocenters. The third-order valence-corrected chi connectivity index (χ3v) is 3.28. The van der Waals surface area contributed by atoms with Gasteiger partial charge in [0.1, 0.15) is 0 Å². The van der Waals surface area contributed by atoms with Gasteiger partial charge in [0, 0.05) is 25.4 Å². The fraction of sp³-hybridized carbons (Fsp3) is 0.235. The Morgan fingerprint density at radius 3 is 1.70 bits per heavy atom. The molecule has 0 heterocycles. The molecule has 0 N–H and O–H groups in total. The second-order valence-electron chi connectivity index (χ2n) is 4.66. The van der Waals surface area contributed by atoms with E-state index < -0.39 is 0 Å². The molecule has 0 aromatic heterocycles. The highest BCUT2D eigenvalue weighted by molar-refractivity contribution is 6.18. The summed E-state index contributed by atoms with van der Waals surface area (Å²) in [5.41, 5.74) is 2.26. The molecule has 0 aliphatic heterocycles. The van der Waals surface area contributed by atoms with Crippen molar-refractivity contribution in [2.75, 3.05) is 5.88 Å². The Bertz CT molecular complexity index is 486. The summed E-state index contributed by atoms with van der Waals surface area (Å²) in [5, 5.41) is 0. The maximum Gasteiger partial charge on any atom is 0.224 e. The van der Waals surface area contributed by atoms with E-state index in [9.17, 15) is 4.79 Å². The van der Waals surface area contributed by atoms with Gasteiger partial charge in [-0.2, -0.15) is 0 Å². The topological polar surface area (TPSA) is 20.3 Å². The number of carbonyl (C=O) groups excluding carboxylic acids is 1. The zero-order valence-corrected chi connectivity index (χ0v) is 12.1. The summed E-state index contributed by atoms with van der Waals surface area (Å²) < 4.78 is 0. The van der Waals surface area contributed by atoms with E-state index in [-0.39, 0.29) is 5.91 Å². The van der Waals surface area contributed by atoms with Crippen molar-refractivity contribution in [3.05, 3.63) is 71.8 Å². The Labute approximate surface area is 125 Å². The molecule has 2 aromatic carbocycles. The van der Waals surface area contributed by atoms with Gasteiger partial charge in [0.2, 0.25) is 5.91 Å². The smallest absolute Gasteiger partial charge is 0.224 e. The largest absolute Gasteiger partial charge is 0.334 e. The average molecular weight is 288 g/mol. The Morgan fingerprint density at radius 2 is 1.30 bits per heavy atom. The van der Waals surface area contributed by atoms with Crippen LogP contribution in [-0.4, -0.2) is 16.7 Å². The molecule has 0 saturated heterocycles. The highest BCUT2D eigenvalue weighted by atomic mass is 35.5. The molecule has 2 nitrogen and oxygen atoms in total. The van der Waals surface area contributed by atoms with Crippen LogP contribution in [0.4, 0.5) is 0 Å². The van der Waals surface area contributed by atoms with E-state index in [0.717, 1.165) is 11.1 Å². The lowest BCUT2D eigenvalue weighted by atomic mass is 10.1. The first-order chi connectivity index (χ1) is 9.79. The molecular weight excluding hydrogens is 270 g/mol. The number of halogens is 1. The number of amides is 1. The van der Waals surface area contributed by atoms with Crippen LogP contribution in [0.1, 0.15) is 17.5 Å². The SMILES string of the molecule is O=C(CCCl)N(Cc1ccccc1)Cc1ccccc1. The molecule has 20 heavy (non-hydrogen) atoms. The molecule has 0 aliphatic rings. The van der Waals surface area contributed by atoms with Gasteiger partial charge in [-0.15, -0.1) is 11.6 Å². The number of hydrogen-bond acceptors (Lipinski definition) is 1. The zero-order valence-electron chi connectivity index (χ0n) is 11.3. The first-order valence-corrected chi connectivity index (χ1v) is 7.24. The molecule has 2 aromatic rings. The number of rotatable bonds is 6. The van der Waals surface area contributed by atoms with Crippen LogP contribution >= 0.6 is 11.6 Å². The highest BCUT2D eigenvalue weighted by Crippen LogP contribution is 2.11. The lowest BCUT2D eigenvalue weighted by Crippen LogP contribution is -2.30. The summed E-state index contributed by atoms with van der Waals surface area (Å²) in [7, 11) is 0. The molecule has 0 fully saturated rings. The predicted octanol–water partition coefficient (Wildman–Crippen LogP) is 3.84. The molecule has 3 heteroatoms. The van der Waals surface area contributed by atoms with E-state index in [1.807, 2.05) is 65.6 Å². The summed E-state index contributed by atoms with van der Waals surface area (Å²) in [6.07, 6.45) is 0.376. The molecule has 0 saturated carbocycles.